The Hall–Kier alpha value is -1.55. The maximum atomic E-state index is 11.5. The number of anilines is 2. The van der Waals surface area contributed by atoms with Crippen LogP contribution < -0.4 is 10.2 Å². The first-order chi connectivity index (χ1) is 9.22. The molecule has 1 unspecified atom stereocenters. The molecule has 104 valence electrons. The van der Waals surface area contributed by atoms with E-state index in [1.807, 2.05) is 19.1 Å². The van der Waals surface area contributed by atoms with Gasteiger partial charge in [0, 0.05) is 38.0 Å². The summed E-state index contributed by atoms with van der Waals surface area (Å²) in [7, 11) is 1.76. The van der Waals surface area contributed by atoms with Crippen LogP contribution in [0, 0.1) is 0 Å². The van der Waals surface area contributed by atoms with E-state index < -0.39 is 0 Å². The lowest BCUT2D eigenvalue weighted by atomic mass is 10.2. The topological polar surface area (TPSA) is 41.6 Å². The van der Waals surface area contributed by atoms with E-state index in [4.69, 9.17) is 4.74 Å². The molecule has 0 aliphatic carbocycles. The van der Waals surface area contributed by atoms with E-state index in [-0.39, 0.29) is 5.91 Å². The first-order valence-corrected chi connectivity index (χ1v) is 6.90. The lowest BCUT2D eigenvalue weighted by molar-refractivity contribution is -0.116. The molecule has 1 saturated heterocycles. The average Bonchev–Trinajstić information content (AvgIpc) is 2.88. The highest BCUT2D eigenvalue weighted by Crippen LogP contribution is 2.23. The summed E-state index contributed by atoms with van der Waals surface area (Å²) in [6.45, 7) is 3.97. The van der Waals surface area contributed by atoms with Crippen LogP contribution in [0.25, 0.3) is 0 Å². The van der Waals surface area contributed by atoms with Crippen molar-refractivity contribution in [1.29, 1.82) is 0 Å². The van der Waals surface area contributed by atoms with E-state index in [0.29, 0.717) is 12.5 Å². The number of methoxy groups -OCH3 is 1. The Bertz CT molecular complexity index is 417. The number of rotatable bonds is 5. The molecular formula is C15H22N2O2. The van der Waals surface area contributed by atoms with Crippen molar-refractivity contribution in [2.45, 2.75) is 32.3 Å². The van der Waals surface area contributed by atoms with Crippen LogP contribution in [0.5, 0.6) is 0 Å². The predicted molar refractivity (Wildman–Crippen MR) is 77.6 cm³/mol. The Morgan fingerprint density at radius 3 is 2.74 bits per heavy atom. The molecule has 4 heteroatoms. The monoisotopic (exact) mass is 262 g/mol. The fraction of sp³-hybridized carbons (Fsp3) is 0.533. The number of ether oxygens (including phenoxy) is 1. The Morgan fingerprint density at radius 1 is 1.42 bits per heavy atom. The first-order valence-electron chi connectivity index (χ1n) is 6.90. The van der Waals surface area contributed by atoms with Gasteiger partial charge >= 0.3 is 0 Å². The van der Waals surface area contributed by atoms with Crippen LogP contribution in [0.15, 0.2) is 24.3 Å². The smallest absolute Gasteiger partial charge is 0.224 e. The number of amides is 1. The maximum Gasteiger partial charge on any atom is 0.224 e. The summed E-state index contributed by atoms with van der Waals surface area (Å²) in [6, 6.07) is 8.03. The van der Waals surface area contributed by atoms with Gasteiger partial charge in [0.1, 0.15) is 0 Å². The molecular weight excluding hydrogens is 240 g/mol. The highest BCUT2D eigenvalue weighted by Gasteiger charge is 2.21. The second-order valence-corrected chi connectivity index (χ2v) is 4.94. The second-order valence-electron chi connectivity index (χ2n) is 4.94. The van der Waals surface area contributed by atoms with E-state index >= 15 is 0 Å². The van der Waals surface area contributed by atoms with E-state index in [1.165, 1.54) is 5.69 Å². The summed E-state index contributed by atoms with van der Waals surface area (Å²) < 4.78 is 5.37. The molecule has 1 atom stereocenters. The van der Waals surface area contributed by atoms with Crippen molar-refractivity contribution >= 4 is 17.3 Å². The van der Waals surface area contributed by atoms with Crippen LogP contribution in [0.1, 0.15) is 26.2 Å². The maximum absolute atomic E-state index is 11.5. The minimum absolute atomic E-state index is 0.0795. The molecule has 1 aliphatic rings. The van der Waals surface area contributed by atoms with Crippen molar-refractivity contribution in [2.75, 3.05) is 30.4 Å². The minimum Gasteiger partial charge on any atom is -0.380 e. The molecule has 19 heavy (non-hydrogen) atoms. The molecule has 1 fully saturated rings. The van der Waals surface area contributed by atoms with Crippen molar-refractivity contribution in [3.05, 3.63) is 24.3 Å². The zero-order chi connectivity index (χ0) is 13.7. The zero-order valence-corrected chi connectivity index (χ0v) is 11.7. The number of benzene rings is 1. The van der Waals surface area contributed by atoms with E-state index in [1.54, 1.807) is 7.11 Å². The molecule has 1 N–H and O–H groups in total. The molecule has 1 aromatic carbocycles. The summed E-state index contributed by atoms with van der Waals surface area (Å²) in [4.78, 5) is 13.8. The van der Waals surface area contributed by atoms with Gasteiger partial charge in [0.15, 0.2) is 0 Å². The van der Waals surface area contributed by atoms with E-state index in [9.17, 15) is 4.79 Å². The predicted octanol–water partition coefficient (Wildman–Crippen LogP) is 2.65. The Balaban J connectivity index is 1.93. The van der Waals surface area contributed by atoms with Gasteiger partial charge in [-0.05, 0) is 37.1 Å². The Morgan fingerprint density at radius 2 is 2.16 bits per heavy atom. The van der Waals surface area contributed by atoms with Gasteiger partial charge in [-0.3, -0.25) is 4.79 Å². The number of carbonyl (C=O) groups excluding carboxylic acids is 1. The van der Waals surface area contributed by atoms with Crippen LogP contribution in [0.4, 0.5) is 11.4 Å². The van der Waals surface area contributed by atoms with Gasteiger partial charge in [-0.2, -0.15) is 0 Å². The van der Waals surface area contributed by atoms with Gasteiger partial charge in [-0.1, -0.05) is 6.92 Å². The largest absolute Gasteiger partial charge is 0.380 e. The number of hydrogen-bond donors (Lipinski definition) is 1. The summed E-state index contributed by atoms with van der Waals surface area (Å²) >= 11 is 0. The van der Waals surface area contributed by atoms with Gasteiger partial charge < -0.3 is 15.0 Å². The van der Waals surface area contributed by atoms with Crippen molar-refractivity contribution in [3.63, 3.8) is 0 Å². The van der Waals surface area contributed by atoms with Gasteiger partial charge in [0.2, 0.25) is 5.91 Å². The SMILES string of the molecule is CCCC(=O)Nc1ccc(N2CCC(OC)C2)cc1. The van der Waals surface area contributed by atoms with Crippen LogP contribution in [-0.4, -0.2) is 32.2 Å². The summed E-state index contributed by atoms with van der Waals surface area (Å²) in [5.74, 6) is 0.0795. The average molecular weight is 262 g/mol. The van der Waals surface area contributed by atoms with E-state index in [0.717, 1.165) is 31.6 Å². The number of nitrogens with zero attached hydrogens (tertiary/aromatic N) is 1. The quantitative estimate of drug-likeness (QED) is 0.887. The number of carbonyl (C=O) groups is 1. The summed E-state index contributed by atoms with van der Waals surface area (Å²) in [5.41, 5.74) is 2.05. The number of nitrogens with one attached hydrogen (secondary N) is 1. The van der Waals surface area contributed by atoms with Crippen molar-refractivity contribution < 1.29 is 9.53 Å². The lowest BCUT2D eigenvalue weighted by Gasteiger charge is -2.18. The zero-order valence-electron chi connectivity index (χ0n) is 11.7. The molecule has 4 nitrogen and oxygen atoms in total. The summed E-state index contributed by atoms with van der Waals surface area (Å²) in [5, 5.41) is 2.90. The third-order valence-electron chi connectivity index (χ3n) is 3.47. The molecule has 0 spiro atoms. The second kappa shape index (κ2) is 6.57. The van der Waals surface area contributed by atoms with Gasteiger partial charge in [0.05, 0.1) is 6.10 Å². The Labute approximate surface area is 114 Å². The van der Waals surface area contributed by atoms with E-state index in [2.05, 4.69) is 22.3 Å². The molecule has 0 saturated carbocycles. The first kappa shape index (κ1) is 13.9. The van der Waals surface area contributed by atoms with Crippen LogP contribution in [-0.2, 0) is 9.53 Å². The van der Waals surface area contributed by atoms with Crippen LogP contribution >= 0.6 is 0 Å². The highest BCUT2D eigenvalue weighted by molar-refractivity contribution is 5.90. The fourth-order valence-electron chi connectivity index (χ4n) is 2.36. The molecule has 1 heterocycles. The van der Waals surface area contributed by atoms with Crippen LogP contribution in [0.3, 0.4) is 0 Å². The fourth-order valence-corrected chi connectivity index (χ4v) is 2.36. The molecule has 0 bridgehead atoms. The third kappa shape index (κ3) is 3.70. The normalized spacial score (nSPS) is 18.6. The van der Waals surface area contributed by atoms with Gasteiger partial charge in [-0.15, -0.1) is 0 Å². The molecule has 0 radical (unpaired) electrons. The third-order valence-corrected chi connectivity index (χ3v) is 3.47. The summed E-state index contributed by atoms with van der Waals surface area (Å²) in [6.07, 6.45) is 2.86. The van der Waals surface area contributed by atoms with Crippen LogP contribution in [0.2, 0.25) is 0 Å². The molecule has 1 amide bonds. The molecule has 2 rings (SSSR count). The molecule has 0 aromatic heterocycles. The number of hydrogen-bond acceptors (Lipinski definition) is 3. The molecule has 1 aliphatic heterocycles. The highest BCUT2D eigenvalue weighted by atomic mass is 16.5. The Kier molecular flexibility index (Phi) is 4.80. The van der Waals surface area contributed by atoms with Gasteiger partial charge in [0.25, 0.3) is 0 Å². The van der Waals surface area contributed by atoms with Crippen molar-refractivity contribution in [2.24, 2.45) is 0 Å². The standard InChI is InChI=1S/C15H22N2O2/c1-3-4-15(18)16-12-5-7-13(8-6-12)17-10-9-14(11-17)19-2/h5-8,14H,3-4,9-11H2,1-2H3,(H,16,18). The van der Waals surface area contributed by atoms with Crippen molar-refractivity contribution in [1.82, 2.24) is 0 Å². The van der Waals surface area contributed by atoms with Crippen molar-refractivity contribution in [3.8, 4) is 0 Å². The van der Waals surface area contributed by atoms with Gasteiger partial charge in [-0.25, -0.2) is 0 Å². The lowest BCUT2D eigenvalue weighted by Crippen LogP contribution is -2.22. The molecule has 1 aromatic rings. The minimum atomic E-state index is 0.0795.